The lowest BCUT2D eigenvalue weighted by molar-refractivity contribution is -0.117. The molecule has 38 heavy (non-hydrogen) atoms. The summed E-state index contributed by atoms with van der Waals surface area (Å²) in [6, 6.07) is 14.4. The van der Waals surface area contributed by atoms with Crippen molar-refractivity contribution in [2.45, 2.75) is 50.0 Å². The van der Waals surface area contributed by atoms with Gasteiger partial charge in [0.25, 0.3) is 0 Å². The van der Waals surface area contributed by atoms with Gasteiger partial charge >= 0.3 is 0 Å². The molecule has 0 bridgehead atoms. The van der Waals surface area contributed by atoms with Gasteiger partial charge in [0.05, 0.1) is 30.9 Å². The minimum Gasteiger partial charge on any atom is -0.395 e. The number of aliphatic hydroxyl groups excluding tert-OH is 1. The second kappa shape index (κ2) is 12.5. The molecule has 0 saturated carbocycles. The van der Waals surface area contributed by atoms with E-state index in [0.29, 0.717) is 41.8 Å². The number of halogens is 3. The molecular formula is C29H32F3N3O3. The van der Waals surface area contributed by atoms with Crippen LogP contribution < -0.4 is 16.4 Å². The first kappa shape index (κ1) is 27.8. The second-order valence-corrected chi connectivity index (χ2v) is 9.56. The average Bonchev–Trinajstić information content (AvgIpc) is 2.90. The molecule has 1 aliphatic heterocycles. The van der Waals surface area contributed by atoms with E-state index in [0.717, 1.165) is 0 Å². The highest BCUT2D eigenvalue weighted by molar-refractivity contribution is 5.96. The van der Waals surface area contributed by atoms with Gasteiger partial charge in [-0.1, -0.05) is 30.3 Å². The molecule has 0 aromatic heterocycles. The van der Waals surface area contributed by atoms with E-state index in [2.05, 4.69) is 10.6 Å². The third-order valence-corrected chi connectivity index (χ3v) is 6.99. The number of nitrogens with one attached hydrogen (secondary N) is 2. The molecule has 1 aliphatic rings. The molecule has 1 fully saturated rings. The van der Waals surface area contributed by atoms with Gasteiger partial charge in [-0.3, -0.25) is 4.79 Å². The van der Waals surface area contributed by atoms with Crippen LogP contribution in [0.1, 0.15) is 36.0 Å². The van der Waals surface area contributed by atoms with Gasteiger partial charge < -0.3 is 26.2 Å². The molecule has 1 heterocycles. The minimum atomic E-state index is -1.14. The summed E-state index contributed by atoms with van der Waals surface area (Å²) in [7, 11) is 0. The molecule has 4 atom stereocenters. The molecular weight excluding hydrogens is 495 g/mol. The fraction of sp³-hybridized carbons (Fsp3) is 0.345. The van der Waals surface area contributed by atoms with Gasteiger partial charge in [0, 0.05) is 23.7 Å². The lowest BCUT2D eigenvalue weighted by Gasteiger charge is -2.35. The number of hydrogen-bond donors (Lipinski definition) is 4. The van der Waals surface area contributed by atoms with Gasteiger partial charge in [-0.05, 0) is 67.3 Å². The van der Waals surface area contributed by atoms with Crippen LogP contribution in [-0.2, 0) is 16.0 Å². The van der Waals surface area contributed by atoms with E-state index in [-0.39, 0.29) is 24.9 Å². The molecule has 0 spiro atoms. The van der Waals surface area contributed by atoms with Crippen molar-refractivity contribution in [1.29, 1.82) is 0 Å². The predicted octanol–water partition coefficient (Wildman–Crippen LogP) is 3.87. The van der Waals surface area contributed by atoms with Crippen molar-refractivity contribution in [2.75, 3.05) is 18.5 Å². The highest BCUT2D eigenvalue weighted by Crippen LogP contribution is 2.30. The summed E-state index contributed by atoms with van der Waals surface area (Å²) < 4.78 is 48.0. The van der Waals surface area contributed by atoms with E-state index in [1.54, 1.807) is 6.07 Å². The first-order chi connectivity index (χ1) is 18.3. The van der Waals surface area contributed by atoms with Gasteiger partial charge in [-0.2, -0.15) is 0 Å². The molecule has 9 heteroatoms. The summed E-state index contributed by atoms with van der Waals surface area (Å²) in [5.41, 5.74) is 8.22. The number of ether oxygens (including phenoxy) is 1. The maximum absolute atomic E-state index is 14.9. The van der Waals surface area contributed by atoms with Crippen molar-refractivity contribution < 1.29 is 27.8 Å². The maximum Gasteiger partial charge on any atom is 0.242 e. The van der Waals surface area contributed by atoms with Crippen LogP contribution in [-0.4, -0.2) is 48.5 Å². The Bertz CT molecular complexity index is 1180. The standard InChI is InChI=1S/C29H32F3N3O3/c1-17-26(16-36)34-15-22(38-17)13-14-23-24(32)3-2-4-25(23)35-29(37)28(33)27(18-5-9-20(30)10-6-18)19-7-11-21(31)12-8-19/h2-12,17,22,26-28,34,36H,13-16,33H2,1H3,(H,35,37)/t17-,22+,26+,28?/m0/s1. The molecule has 202 valence electrons. The monoisotopic (exact) mass is 527 g/mol. The Labute approximate surface area is 220 Å². The Balaban J connectivity index is 1.52. The number of hydrogen-bond acceptors (Lipinski definition) is 5. The largest absolute Gasteiger partial charge is 0.395 e. The van der Waals surface area contributed by atoms with Crippen molar-refractivity contribution in [3.63, 3.8) is 0 Å². The van der Waals surface area contributed by atoms with Crippen LogP contribution in [0, 0.1) is 17.5 Å². The van der Waals surface area contributed by atoms with Crippen molar-refractivity contribution in [1.82, 2.24) is 5.32 Å². The number of aliphatic hydroxyl groups is 1. The molecule has 0 aliphatic carbocycles. The van der Waals surface area contributed by atoms with Crippen LogP contribution >= 0.6 is 0 Å². The summed E-state index contributed by atoms with van der Waals surface area (Å²) in [4.78, 5) is 13.4. The molecule has 6 nitrogen and oxygen atoms in total. The number of rotatable bonds is 9. The first-order valence-electron chi connectivity index (χ1n) is 12.6. The molecule has 1 unspecified atom stereocenters. The number of carbonyl (C=O) groups is 1. The van der Waals surface area contributed by atoms with Crippen molar-refractivity contribution >= 4 is 11.6 Å². The molecule has 1 saturated heterocycles. The zero-order chi connectivity index (χ0) is 27.2. The Morgan fingerprint density at radius 1 is 1.05 bits per heavy atom. The third-order valence-electron chi connectivity index (χ3n) is 6.99. The van der Waals surface area contributed by atoms with E-state index in [9.17, 15) is 23.1 Å². The highest BCUT2D eigenvalue weighted by atomic mass is 19.1. The number of carbonyl (C=O) groups excluding carboxylic acids is 1. The number of morpholine rings is 1. The summed E-state index contributed by atoms with van der Waals surface area (Å²) in [6.07, 6.45) is 0.435. The van der Waals surface area contributed by atoms with Crippen LogP contribution in [0.5, 0.6) is 0 Å². The van der Waals surface area contributed by atoms with Crippen molar-refractivity contribution in [2.24, 2.45) is 5.73 Å². The lowest BCUT2D eigenvalue weighted by Crippen LogP contribution is -2.53. The van der Waals surface area contributed by atoms with Crippen LogP contribution in [0.4, 0.5) is 18.9 Å². The van der Waals surface area contributed by atoms with Gasteiger partial charge in [0.1, 0.15) is 17.5 Å². The van der Waals surface area contributed by atoms with E-state index in [4.69, 9.17) is 10.5 Å². The topological polar surface area (TPSA) is 96.6 Å². The highest BCUT2D eigenvalue weighted by Gasteiger charge is 2.30. The zero-order valence-corrected chi connectivity index (χ0v) is 21.0. The Morgan fingerprint density at radius 2 is 1.66 bits per heavy atom. The number of amides is 1. The van der Waals surface area contributed by atoms with E-state index in [1.165, 1.54) is 60.7 Å². The summed E-state index contributed by atoms with van der Waals surface area (Å²) in [6.45, 7) is 2.36. The molecule has 3 aromatic rings. The summed E-state index contributed by atoms with van der Waals surface area (Å²) in [5.74, 6) is -2.60. The fourth-order valence-electron chi connectivity index (χ4n) is 4.83. The summed E-state index contributed by atoms with van der Waals surface area (Å²) >= 11 is 0. The van der Waals surface area contributed by atoms with Crippen LogP contribution in [0.2, 0.25) is 0 Å². The normalized spacial score (nSPS) is 20.3. The van der Waals surface area contributed by atoms with Gasteiger partial charge in [0.2, 0.25) is 5.91 Å². The number of anilines is 1. The summed E-state index contributed by atoms with van der Waals surface area (Å²) in [5, 5.41) is 15.4. The van der Waals surface area contributed by atoms with Crippen LogP contribution in [0.25, 0.3) is 0 Å². The SMILES string of the molecule is C[C@@H]1O[C@H](CCc2c(F)cccc2NC(=O)C(N)C(c2ccc(F)cc2)c2ccc(F)cc2)CN[C@@H]1CO. The third kappa shape index (κ3) is 6.60. The van der Waals surface area contributed by atoms with Crippen molar-refractivity contribution in [3.8, 4) is 0 Å². The van der Waals surface area contributed by atoms with Gasteiger partial charge in [-0.25, -0.2) is 13.2 Å². The van der Waals surface area contributed by atoms with E-state index >= 15 is 0 Å². The molecule has 3 aromatic carbocycles. The Morgan fingerprint density at radius 3 is 2.21 bits per heavy atom. The Kier molecular flexibility index (Phi) is 9.17. The number of nitrogens with two attached hydrogens (primary N) is 1. The quantitative estimate of drug-likeness (QED) is 0.339. The van der Waals surface area contributed by atoms with E-state index in [1.807, 2.05) is 6.92 Å². The zero-order valence-electron chi connectivity index (χ0n) is 21.0. The van der Waals surface area contributed by atoms with Gasteiger partial charge in [0.15, 0.2) is 0 Å². The molecule has 0 radical (unpaired) electrons. The average molecular weight is 528 g/mol. The van der Waals surface area contributed by atoms with Gasteiger partial charge in [-0.15, -0.1) is 0 Å². The fourth-order valence-corrected chi connectivity index (χ4v) is 4.83. The van der Waals surface area contributed by atoms with Crippen molar-refractivity contribution in [3.05, 3.63) is 101 Å². The van der Waals surface area contributed by atoms with E-state index < -0.39 is 35.3 Å². The first-order valence-corrected chi connectivity index (χ1v) is 12.6. The maximum atomic E-state index is 14.9. The Hall–Kier alpha value is -3.24. The lowest BCUT2D eigenvalue weighted by atomic mass is 9.85. The molecule has 4 rings (SSSR count). The van der Waals surface area contributed by atoms with Crippen LogP contribution in [0.3, 0.4) is 0 Å². The van der Waals surface area contributed by atoms with Crippen LogP contribution in [0.15, 0.2) is 66.7 Å². The molecule has 1 amide bonds. The smallest absolute Gasteiger partial charge is 0.242 e. The molecule has 5 N–H and O–H groups in total. The second-order valence-electron chi connectivity index (χ2n) is 9.56. The minimum absolute atomic E-state index is 0.0333. The number of benzene rings is 3. The predicted molar refractivity (Wildman–Crippen MR) is 139 cm³/mol.